The maximum Gasteiger partial charge on any atom is 0.251 e. The maximum absolute atomic E-state index is 13.2. The van der Waals surface area contributed by atoms with Crippen molar-refractivity contribution < 1.29 is 4.79 Å². The first-order valence-electron chi connectivity index (χ1n) is 12.1. The second-order valence-corrected chi connectivity index (χ2v) is 11.3. The van der Waals surface area contributed by atoms with Crippen LogP contribution in [0.15, 0.2) is 88.2 Å². The number of likely N-dealkylation sites (tertiary alicyclic amines) is 1. The highest BCUT2D eigenvalue weighted by atomic mass is 32.2. The van der Waals surface area contributed by atoms with Gasteiger partial charge in [-0.25, -0.2) is 9.97 Å². The predicted molar refractivity (Wildman–Crippen MR) is 147 cm³/mol. The molecule has 36 heavy (non-hydrogen) atoms. The quantitative estimate of drug-likeness (QED) is 0.294. The Morgan fingerprint density at radius 2 is 1.86 bits per heavy atom. The summed E-state index contributed by atoms with van der Waals surface area (Å²) in [6.07, 6.45) is 5.54. The molecule has 0 spiro atoms. The zero-order valence-corrected chi connectivity index (χ0v) is 21.8. The molecule has 2 aromatic carbocycles. The Morgan fingerprint density at radius 1 is 1.06 bits per heavy atom. The molecular weight excluding hydrogens is 486 g/mol. The van der Waals surface area contributed by atoms with E-state index in [0.29, 0.717) is 0 Å². The third kappa shape index (κ3) is 6.51. The minimum Gasteiger partial charge on any atom is -0.349 e. The molecule has 0 aliphatic carbocycles. The molecule has 1 saturated heterocycles. The molecule has 0 saturated carbocycles. The van der Waals surface area contributed by atoms with Crippen LogP contribution in [0, 0.1) is 6.92 Å². The Labute approximate surface area is 220 Å². The number of carbonyl (C=O) groups excluding carboxylic acids is 1. The van der Waals surface area contributed by atoms with E-state index in [4.69, 9.17) is 0 Å². The summed E-state index contributed by atoms with van der Waals surface area (Å²) in [7, 11) is 0. The molecule has 1 aliphatic heterocycles. The van der Waals surface area contributed by atoms with Gasteiger partial charge in [0.2, 0.25) is 0 Å². The average molecular weight is 516 g/mol. The van der Waals surface area contributed by atoms with Crippen molar-refractivity contribution in [3.05, 3.63) is 95.8 Å². The molecule has 0 atom stereocenters. The number of carbonyl (C=O) groups is 1. The van der Waals surface area contributed by atoms with Gasteiger partial charge in [0.15, 0.2) is 5.13 Å². The van der Waals surface area contributed by atoms with E-state index in [1.807, 2.05) is 43.5 Å². The summed E-state index contributed by atoms with van der Waals surface area (Å²) in [5.74, 6) is 0.780. The van der Waals surface area contributed by atoms with Crippen LogP contribution >= 0.6 is 23.1 Å². The van der Waals surface area contributed by atoms with Crippen molar-refractivity contribution >= 4 is 40.0 Å². The van der Waals surface area contributed by atoms with Crippen LogP contribution in [0.4, 0.5) is 10.9 Å². The Hall–Kier alpha value is -3.20. The molecular formula is C28H29N5OS2. The standard InChI is InChI=1S/C28H29N5OS2/c1-20-10-11-23(35-26-18-30-28(36-26)32-25-9-5-6-14-29-25)17-24(20)27(34)31-22-12-15-33(16-13-22)19-21-7-3-2-4-8-21/h2-11,14,17-18,22H,12-13,15-16,19H2,1H3,(H,31,34)(H,29,30,32). The number of hydrogen-bond donors (Lipinski definition) is 2. The highest BCUT2D eigenvalue weighted by Gasteiger charge is 2.22. The highest BCUT2D eigenvalue weighted by Crippen LogP contribution is 2.35. The van der Waals surface area contributed by atoms with E-state index in [1.165, 1.54) is 5.56 Å². The molecule has 8 heteroatoms. The minimum atomic E-state index is 0.0123. The monoisotopic (exact) mass is 515 g/mol. The summed E-state index contributed by atoms with van der Waals surface area (Å²) >= 11 is 3.18. The van der Waals surface area contributed by atoms with Crippen LogP contribution in [0.25, 0.3) is 0 Å². The number of anilines is 2. The highest BCUT2D eigenvalue weighted by molar-refractivity contribution is 8.01. The van der Waals surface area contributed by atoms with Crippen molar-refractivity contribution in [1.29, 1.82) is 0 Å². The number of benzene rings is 2. The first-order chi connectivity index (χ1) is 17.6. The van der Waals surface area contributed by atoms with E-state index in [9.17, 15) is 4.79 Å². The second kappa shape index (κ2) is 11.7. The molecule has 184 valence electrons. The molecule has 4 aromatic rings. The second-order valence-electron chi connectivity index (χ2n) is 8.91. The van der Waals surface area contributed by atoms with Gasteiger partial charge in [0.1, 0.15) is 5.82 Å². The van der Waals surface area contributed by atoms with Crippen molar-refractivity contribution in [3.8, 4) is 0 Å². The lowest BCUT2D eigenvalue weighted by Crippen LogP contribution is -2.44. The fraction of sp³-hybridized carbons (Fsp3) is 0.250. The molecule has 1 fully saturated rings. The molecule has 1 aliphatic rings. The van der Waals surface area contributed by atoms with Gasteiger partial charge in [-0.15, -0.1) is 0 Å². The van der Waals surface area contributed by atoms with E-state index < -0.39 is 0 Å². The van der Waals surface area contributed by atoms with Crippen LogP contribution in [0.1, 0.15) is 34.3 Å². The fourth-order valence-corrected chi connectivity index (χ4v) is 6.18. The van der Waals surface area contributed by atoms with Gasteiger partial charge in [0.05, 0.1) is 10.4 Å². The van der Waals surface area contributed by atoms with Crippen molar-refractivity contribution in [2.45, 2.75) is 41.5 Å². The van der Waals surface area contributed by atoms with Crippen LogP contribution in [-0.4, -0.2) is 39.9 Å². The molecule has 2 aromatic heterocycles. The third-order valence-corrected chi connectivity index (χ3v) is 8.23. The average Bonchev–Trinajstić information content (AvgIpc) is 3.34. The molecule has 6 nitrogen and oxygen atoms in total. The molecule has 1 amide bonds. The van der Waals surface area contributed by atoms with Gasteiger partial charge >= 0.3 is 0 Å². The molecule has 0 unspecified atom stereocenters. The SMILES string of the molecule is Cc1ccc(Sc2cnc(Nc3ccccn3)s2)cc1C(=O)NC1CCN(Cc2ccccc2)CC1. The van der Waals surface area contributed by atoms with Gasteiger partial charge in [0, 0.05) is 42.3 Å². The summed E-state index contributed by atoms with van der Waals surface area (Å²) in [5, 5.41) is 7.30. The van der Waals surface area contributed by atoms with E-state index in [0.717, 1.165) is 63.7 Å². The van der Waals surface area contributed by atoms with Crippen LogP contribution in [0.3, 0.4) is 0 Å². The number of amides is 1. The van der Waals surface area contributed by atoms with Gasteiger partial charge in [-0.2, -0.15) is 0 Å². The summed E-state index contributed by atoms with van der Waals surface area (Å²) in [6, 6.07) is 22.6. The number of thiazole rings is 1. The lowest BCUT2D eigenvalue weighted by atomic mass is 10.0. The van der Waals surface area contributed by atoms with Crippen molar-refractivity contribution in [2.24, 2.45) is 0 Å². The first-order valence-corrected chi connectivity index (χ1v) is 13.8. The fourth-order valence-electron chi connectivity index (χ4n) is 4.28. The Kier molecular flexibility index (Phi) is 7.95. The Morgan fingerprint density at radius 3 is 2.64 bits per heavy atom. The first kappa shape index (κ1) is 24.5. The Balaban J connectivity index is 1.16. The number of rotatable bonds is 8. The molecule has 0 radical (unpaired) electrons. The zero-order chi connectivity index (χ0) is 24.7. The van der Waals surface area contributed by atoms with Crippen LogP contribution in [0.5, 0.6) is 0 Å². The number of hydrogen-bond acceptors (Lipinski definition) is 7. The maximum atomic E-state index is 13.2. The minimum absolute atomic E-state index is 0.0123. The van der Waals surface area contributed by atoms with Gasteiger partial charge in [-0.3, -0.25) is 9.69 Å². The number of aryl methyl sites for hydroxylation is 1. The molecule has 3 heterocycles. The van der Waals surface area contributed by atoms with E-state index >= 15 is 0 Å². The number of nitrogens with zero attached hydrogens (tertiary/aromatic N) is 3. The number of nitrogens with one attached hydrogen (secondary N) is 2. The van der Waals surface area contributed by atoms with Gasteiger partial charge in [-0.05, 0) is 55.2 Å². The van der Waals surface area contributed by atoms with Gasteiger partial charge < -0.3 is 10.6 Å². The number of pyridine rings is 1. The predicted octanol–water partition coefficient (Wildman–Crippen LogP) is 6.14. The zero-order valence-electron chi connectivity index (χ0n) is 20.2. The molecule has 2 N–H and O–H groups in total. The van der Waals surface area contributed by atoms with Crippen LogP contribution in [-0.2, 0) is 6.54 Å². The Bertz CT molecular complexity index is 1290. The smallest absolute Gasteiger partial charge is 0.251 e. The topological polar surface area (TPSA) is 70.1 Å². The normalized spacial score (nSPS) is 14.5. The lowest BCUT2D eigenvalue weighted by Gasteiger charge is -2.32. The summed E-state index contributed by atoms with van der Waals surface area (Å²) in [5.41, 5.74) is 3.06. The largest absolute Gasteiger partial charge is 0.349 e. The van der Waals surface area contributed by atoms with Crippen molar-refractivity contribution in [3.63, 3.8) is 0 Å². The summed E-state index contributed by atoms with van der Waals surface area (Å²) < 4.78 is 1.05. The number of aromatic nitrogens is 2. The van der Waals surface area contributed by atoms with Gasteiger partial charge in [0.25, 0.3) is 5.91 Å². The van der Waals surface area contributed by atoms with Gasteiger partial charge in [-0.1, -0.05) is 65.6 Å². The van der Waals surface area contributed by atoms with E-state index in [-0.39, 0.29) is 11.9 Å². The molecule has 0 bridgehead atoms. The summed E-state index contributed by atoms with van der Waals surface area (Å²) in [6.45, 7) is 4.95. The van der Waals surface area contributed by atoms with Crippen LogP contribution < -0.4 is 10.6 Å². The van der Waals surface area contributed by atoms with E-state index in [1.54, 1.807) is 29.3 Å². The van der Waals surface area contributed by atoms with Crippen LogP contribution in [0.2, 0.25) is 0 Å². The summed E-state index contributed by atoms with van der Waals surface area (Å²) in [4.78, 5) is 25.4. The lowest BCUT2D eigenvalue weighted by molar-refractivity contribution is 0.0908. The van der Waals surface area contributed by atoms with Crippen molar-refractivity contribution in [2.75, 3.05) is 18.4 Å². The number of piperidine rings is 1. The molecule has 5 rings (SSSR count). The van der Waals surface area contributed by atoms with E-state index in [2.05, 4.69) is 61.9 Å². The third-order valence-electron chi connectivity index (χ3n) is 6.23. The van der Waals surface area contributed by atoms with Crippen molar-refractivity contribution in [1.82, 2.24) is 20.2 Å².